The van der Waals surface area contributed by atoms with Crippen molar-refractivity contribution < 1.29 is 15.1 Å². The van der Waals surface area contributed by atoms with Gasteiger partial charge >= 0.3 is 0 Å². The summed E-state index contributed by atoms with van der Waals surface area (Å²) < 4.78 is 0. The smallest absolute Gasteiger partial charge is 0.274 e. The molecule has 0 aliphatic carbocycles. The molecular weight excluding hydrogens is 272 g/mol. The Kier molecular flexibility index (Phi) is 4.27. The molecule has 3 N–H and O–H groups in total. The van der Waals surface area contributed by atoms with Gasteiger partial charge in [0.1, 0.15) is 11.5 Å². The molecule has 0 aromatic heterocycles. The maximum atomic E-state index is 11.0. The molecule has 6 heteroatoms. The van der Waals surface area contributed by atoms with Gasteiger partial charge in [0.2, 0.25) is 0 Å². The van der Waals surface area contributed by atoms with Crippen LogP contribution in [-0.4, -0.2) is 15.1 Å². The number of nitrogens with one attached hydrogen (secondary N) is 1. The highest BCUT2D eigenvalue weighted by molar-refractivity contribution is 5.56. The zero-order valence-corrected chi connectivity index (χ0v) is 11.5. The van der Waals surface area contributed by atoms with Gasteiger partial charge in [-0.1, -0.05) is 13.0 Å². The van der Waals surface area contributed by atoms with Gasteiger partial charge in [0.25, 0.3) is 5.69 Å². The van der Waals surface area contributed by atoms with Gasteiger partial charge in [0, 0.05) is 35.5 Å². The number of aryl methyl sites for hydroxylation is 1. The van der Waals surface area contributed by atoms with Crippen LogP contribution in [0.25, 0.3) is 0 Å². The maximum Gasteiger partial charge on any atom is 0.274 e. The van der Waals surface area contributed by atoms with E-state index >= 15 is 0 Å². The van der Waals surface area contributed by atoms with Crippen molar-refractivity contribution in [1.29, 1.82) is 0 Å². The molecule has 0 atom stereocenters. The Morgan fingerprint density at radius 2 is 1.86 bits per heavy atom. The van der Waals surface area contributed by atoms with Crippen LogP contribution in [0, 0.1) is 10.1 Å². The molecule has 0 unspecified atom stereocenters. The van der Waals surface area contributed by atoms with E-state index in [2.05, 4.69) is 5.32 Å². The average molecular weight is 288 g/mol. The molecule has 0 radical (unpaired) electrons. The minimum Gasteiger partial charge on any atom is -0.508 e. The molecule has 0 fully saturated rings. The summed E-state index contributed by atoms with van der Waals surface area (Å²) in [6, 6.07) is 9.28. The Hall–Kier alpha value is -2.76. The molecule has 21 heavy (non-hydrogen) atoms. The number of phenolic OH excluding ortho intramolecular Hbond substituents is 2. The molecule has 0 spiro atoms. The maximum absolute atomic E-state index is 11.0. The summed E-state index contributed by atoms with van der Waals surface area (Å²) in [6.45, 7) is 2.17. The molecule has 110 valence electrons. The van der Waals surface area contributed by atoms with Crippen molar-refractivity contribution >= 4 is 11.4 Å². The molecule has 0 saturated carbocycles. The highest BCUT2D eigenvalue weighted by Gasteiger charge is 2.13. The van der Waals surface area contributed by atoms with Gasteiger partial charge in [-0.05, 0) is 24.6 Å². The van der Waals surface area contributed by atoms with Crippen molar-refractivity contribution in [1.82, 2.24) is 0 Å². The van der Waals surface area contributed by atoms with E-state index in [4.69, 9.17) is 0 Å². The normalized spacial score (nSPS) is 10.3. The van der Waals surface area contributed by atoms with Crippen molar-refractivity contribution in [2.45, 2.75) is 19.9 Å². The Morgan fingerprint density at radius 3 is 2.48 bits per heavy atom. The van der Waals surface area contributed by atoms with Crippen LogP contribution < -0.4 is 5.32 Å². The zero-order valence-electron chi connectivity index (χ0n) is 11.5. The number of anilines is 1. The first-order valence-corrected chi connectivity index (χ1v) is 6.53. The van der Waals surface area contributed by atoms with E-state index in [0.29, 0.717) is 29.8 Å². The standard InChI is InChI=1S/C15H16N2O4/c1-2-10-3-5-12(7-14(10)17(20)21)16-9-11-4-6-13(18)8-15(11)19/h3-8,16,18-19H,2,9H2,1H3. The predicted octanol–water partition coefficient (Wildman–Crippen LogP) is 3.18. The van der Waals surface area contributed by atoms with Crippen molar-refractivity contribution in [2.24, 2.45) is 0 Å². The molecule has 0 heterocycles. The summed E-state index contributed by atoms with van der Waals surface area (Å²) in [5, 5.41) is 32.9. The molecule has 0 aliphatic rings. The van der Waals surface area contributed by atoms with Crippen molar-refractivity contribution in [3.05, 3.63) is 57.6 Å². The summed E-state index contributed by atoms with van der Waals surface area (Å²) >= 11 is 0. The van der Waals surface area contributed by atoms with Crippen LogP contribution in [0.3, 0.4) is 0 Å². The number of nitrogens with zero attached hydrogens (tertiary/aromatic N) is 1. The average Bonchev–Trinajstić information content (AvgIpc) is 2.46. The van der Waals surface area contributed by atoms with Crippen molar-refractivity contribution in [3.8, 4) is 11.5 Å². The second kappa shape index (κ2) is 6.13. The molecule has 0 bridgehead atoms. The van der Waals surface area contributed by atoms with Crippen molar-refractivity contribution in [2.75, 3.05) is 5.32 Å². The predicted molar refractivity (Wildman–Crippen MR) is 79.6 cm³/mol. The summed E-state index contributed by atoms with van der Waals surface area (Å²) in [4.78, 5) is 10.6. The lowest BCUT2D eigenvalue weighted by Gasteiger charge is -2.09. The fraction of sp³-hybridized carbons (Fsp3) is 0.200. The van der Waals surface area contributed by atoms with Gasteiger partial charge in [-0.2, -0.15) is 0 Å². The first kappa shape index (κ1) is 14.6. The number of benzene rings is 2. The van der Waals surface area contributed by atoms with Crippen LogP contribution in [-0.2, 0) is 13.0 Å². The van der Waals surface area contributed by atoms with Crippen LogP contribution in [0.4, 0.5) is 11.4 Å². The highest BCUT2D eigenvalue weighted by Crippen LogP contribution is 2.26. The number of hydrogen-bond acceptors (Lipinski definition) is 5. The summed E-state index contributed by atoms with van der Waals surface area (Å²) in [5.74, 6) is -0.0404. The second-order valence-corrected chi connectivity index (χ2v) is 4.62. The topological polar surface area (TPSA) is 95.6 Å². The molecule has 0 saturated heterocycles. The Morgan fingerprint density at radius 1 is 1.14 bits per heavy atom. The molecule has 6 nitrogen and oxygen atoms in total. The van der Waals surface area contributed by atoms with E-state index in [-0.39, 0.29) is 17.2 Å². The summed E-state index contributed by atoms with van der Waals surface area (Å²) in [5.41, 5.74) is 1.96. The molecule has 2 rings (SSSR count). The van der Waals surface area contributed by atoms with Gasteiger partial charge in [0.15, 0.2) is 0 Å². The van der Waals surface area contributed by atoms with E-state index in [0.717, 1.165) is 0 Å². The quantitative estimate of drug-likeness (QED) is 0.580. The van der Waals surface area contributed by atoms with E-state index in [1.807, 2.05) is 6.92 Å². The van der Waals surface area contributed by atoms with Gasteiger partial charge in [0.05, 0.1) is 4.92 Å². The highest BCUT2D eigenvalue weighted by atomic mass is 16.6. The molecular formula is C15H16N2O4. The second-order valence-electron chi connectivity index (χ2n) is 4.62. The lowest BCUT2D eigenvalue weighted by atomic mass is 10.1. The van der Waals surface area contributed by atoms with Crippen molar-refractivity contribution in [3.63, 3.8) is 0 Å². The molecule has 2 aromatic rings. The summed E-state index contributed by atoms with van der Waals surface area (Å²) in [6.07, 6.45) is 0.593. The minimum absolute atomic E-state index is 0.0146. The summed E-state index contributed by atoms with van der Waals surface area (Å²) in [7, 11) is 0. The first-order valence-electron chi connectivity index (χ1n) is 6.53. The van der Waals surface area contributed by atoms with E-state index in [1.54, 1.807) is 18.2 Å². The Bertz CT molecular complexity index is 671. The lowest BCUT2D eigenvalue weighted by molar-refractivity contribution is -0.385. The Balaban J connectivity index is 2.16. The Labute approximate surface area is 121 Å². The third kappa shape index (κ3) is 3.42. The first-order chi connectivity index (χ1) is 10.0. The number of aromatic hydroxyl groups is 2. The van der Waals surface area contributed by atoms with Gasteiger partial charge in [-0.25, -0.2) is 0 Å². The SMILES string of the molecule is CCc1ccc(NCc2ccc(O)cc2O)cc1[N+](=O)[O-]. The monoisotopic (exact) mass is 288 g/mol. The van der Waals surface area contributed by atoms with Gasteiger partial charge < -0.3 is 15.5 Å². The third-order valence-corrected chi connectivity index (χ3v) is 3.21. The van der Waals surface area contributed by atoms with E-state index in [9.17, 15) is 20.3 Å². The number of phenols is 2. The number of nitro benzene ring substituents is 1. The van der Waals surface area contributed by atoms with E-state index < -0.39 is 4.92 Å². The molecule has 2 aromatic carbocycles. The number of rotatable bonds is 5. The van der Waals surface area contributed by atoms with Crippen LogP contribution in [0.2, 0.25) is 0 Å². The van der Waals surface area contributed by atoms with E-state index in [1.165, 1.54) is 18.2 Å². The minimum atomic E-state index is -0.401. The van der Waals surface area contributed by atoms with Crippen LogP contribution in [0.15, 0.2) is 36.4 Å². The van der Waals surface area contributed by atoms with Gasteiger partial charge in [-0.15, -0.1) is 0 Å². The number of nitro groups is 1. The zero-order chi connectivity index (χ0) is 15.4. The molecule has 0 amide bonds. The number of hydrogen-bond donors (Lipinski definition) is 3. The molecule has 0 aliphatic heterocycles. The fourth-order valence-electron chi connectivity index (χ4n) is 2.04. The lowest BCUT2D eigenvalue weighted by Crippen LogP contribution is -2.01. The van der Waals surface area contributed by atoms with Crippen LogP contribution in [0.5, 0.6) is 11.5 Å². The van der Waals surface area contributed by atoms with Crippen LogP contribution in [0.1, 0.15) is 18.1 Å². The van der Waals surface area contributed by atoms with Crippen LogP contribution >= 0.6 is 0 Å². The largest absolute Gasteiger partial charge is 0.508 e. The fourth-order valence-corrected chi connectivity index (χ4v) is 2.04. The third-order valence-electron chi connectivity index (χ3n) is 3.21. The van der Waals surface area contributed by atoms with Gasteiger partial charge in [-0.3, -0.25) is 10.1 Å².